The highest BCUT2D eigenvalue weighted by atomic mass is 35.5. The molecule has 0 atom stereocenters. The average molecular weight is 328 g/mol. The van der Waals surface area contributed by atoms with E-state index in [1.54, 1.807) is 20.3 Å². The second kappa shape index (κ2) is 7.31. The summed E-state index contributed by atoms with van der Waals surface area (Å²) >= 11 is 6.08. The molecule has 1 saturated heterocycles. The van der Waals surface area contributed by atoms with Crippen LogP contribution in [0.15, 0.2) is 18.2 Å². The van der Waals surface area contributed by atoms with Crippen LogP contribution < -0.4 is 4.74 Å². The largest absolute Gasteiger partial charge is 0.497 e. The number of aliphatic carboxylic acids is 1. The number of benzene rings is 1. The third-order valence-corrected chi connectivity index (χ3v) is 4.48. The van der Waals surface area contributed by atoms with Gasteiger partial charge in [-0.1, -0.05) is 11.6 Å². The lowest BCUT2D eigenvalue weighted by Gasteiger charge is -2.38. The lowest BCUT2D eigenvalue weighted by Crippen LogP contribution is -2.46. The molecule has 1 aliphatic heterocycles. The summed E-state index contributed by atoms with van der Waals surface area (Å²) in [4.78, 5) is 13.8. The van der Waals surface area contributed by atoms with Crippen LogP contribution in [-0.4, -0.2) is 49.9 Å². The van der Waals surface area contributed by atoms with Gasteiger partial charge in [0.05, 0.1) is 19.1 Å². The van der Waals surface area contributed by atoms with Crippen LogP contribution in [0.3, 0.4) is 0 Å². The normalized spacial score (nSPS) is 18.1. The predicted octanol–water partition coefficient (Wildman–Crippen LogP) is 2.66. The summed E-state index contributed by atoms with van der Waals surface area (Å²) in [5, 5.41) is 10.1. The Hall–Kier alpha value is -1.30. The summed E-state index contributed by atoms with van der Waals surface area (Å²) < 4.78 is 10.3. The first-order valence-electron chi connectivity index (χ1n) is 7.27. The SMILES string of the molecule is COCC1(C(=O)O)CCN(Cc2cc(Cl)cc(OC)c2)CC1. The Kier molecular flexibility index (Phi) is 5.67. The summed E-state index contributed by atoms with van der Waals surface area (Å²) in [5.74, 6) is -0.0304. The van der Waals surface area contributed by atoms with Crippen molar-refractivity contribution in [3.8, 4) is 5.75 Å². The zero-order valence-corrected chi connectivity index (χ0v) is 13.7. The van der Waals surface area contributed by atoms with Gasteiger partial charge in [-0.15, -0.1) is 0 Å². The third kappa shape index (κ3) is 3.91. The van der Waals surface area contributed by atoms with E-state index in [1.165, 1.54) is 0 Å². The van der Waals surface area contributed by atoms with Gasteiger partial charge in [-0.05, 0) is 49.7 Å². The third-order valence-electron chi connectivity index (χ3n) is 4.26. The molecule has 0 saturated carbocycles. The van der Waals surface area contributed by atoms with Gasteiger partial charge in [0.2, 0.25) is 0 Å². The quantitative estimate of drug-likeness (QED) is 0.870. The molecule has 2 rings (SSSR count). The Morgan fingerprint density at radius 2 is 2.00 bits per heavy atom. The number of carbonyl (C=O) groups is 1. The van der Waals surface area contributed by atoms with Crippen molar-refractivity contribution in [2.24, 2.45) is 5.41 Å². The minimum absolute atomic E-state index is 0.265. The number of nitrogens with zero attached hydrogens (tertiary/aromatic N) is 1. The fourth-order valence-electron chi connectivity index (χ4n) is 2.92. The molecule has 1 fully saturated rings. The molecule has 1 heterocycles. The van der Waals surface area contributed by atoms with Crippen molar-refractivity contribution in [2.45, 2.75) is 19.4 Å². The highest BCUT2D eigenvalue weighted by molar-refractivity contribution is 6.30. The van der Waals surface area contributed by atoms with Gasteiger partial charge in [-0.3, -0.25) is 9.69 Å². The summed E-state index contributed by atoms with van der Waals surface area (Å²) in [5.41, 5.74) is 0.316. The molecule has 122 valence electrons. The molecule has 1 aromatic carbocycles. The van der Waals surface area contributed by atoms with E-state index in [-0.39, 0.29) is 6.61 Å². The van der Waals surface area contributed by atoms with Crippen LogP contribution in [0.1, 0.15) is 18.4 Å². The van der Waals surface area contributed by atoms with Crippen LogP contribution in [0.2, 0.25) is 5.02 Å². The van der Waals surface area contributed by atoms with Crippen molar-refractivity contribution in [1.29, 1.82) is 0 Å². The van der Waals surface area contributed by atoms with E-state index in [4.69, 9.17) is 21.1 Å². The Bertz CT molecular complexity index is 527. The van der Waals surface area contributed by atoms with Crippen LogP contribution in [0.4, 0.5) is 0 Å². The fraction of sp³-hybridized carbons (Fsp3) is 0.562. The van der Waals surface area contributed by atoms with Crippen molar-refractivity contribution >= 4 is 17.6 Å². The number of piperidine rings is 1. The van der Waals surface area contributed by atoms with Crippen LogP contribution in [0, 0.1) is 5.41 Å². The number of hydrogen-bond donors (Lipinski definition) is 1. The smallest absolute Gasteiger partial charge is 0.312 e. The van der Waals surface area contributed by atoms with Crippen molar-refractivity contribution in [1.82, 2.24) is 4.90 Å². The Morgan fingerprint density at radius 1 is 1.32 bits per heavy atom. The van der Waals surface area contributed by atoms with Crippen LogP contribution in [0.5, 0.6) is 5.75 Å². The number of halogens is 1. The van der Waals surface area contributed by atoms with E-state index in [2.05, 4.69) is 4.90 Å². The zero-order valence-electron chi connectivity index (χ0n) is 13.0. The monoisotopic (exact) mass is 327 g/mol. The highest BCUT2D eigenvalue weighted by Gasteiger charge is 2.41. The first-order chi connectivity index (χ1) is 10.5. The zero-order chi connectivity index (χ0) is 16.2. The summed E-state index contributed by atoms with van der Waals surface area (Å²) in [6.45, 7) is 2.45. The summed E-state index contributed by atoms with van der Waals surface area (Å²) in [6.07, 6.45) is 1.18. The van der Waals surface area contributed by atoms with E-state index in [9.17, 15) is 9.90 Å². The van der Waals surface area contributed by atoms with E-state index < -0.39 is 11.4 Å². The van der Waals surface area contributed by atoms with Crippen LogP contribution >= 0.6 is 11.6 Å². The molecule has 0 spiro atoms. The van der Waals surface area contributed by atoms with Gasteiger partial charge < -0.3 is 14.6 Å². The topological polar surface area (TPSA) is 59.0 Å². The average Bonchev–Trinajstić information content (AvgIpc) is 2.48. The maximum Gasteiger partial charge on any atom is 0.312 e. The number of methoxy groups -OCH3 is 2. The molecule has 1 aromatic rings. The molecule has 1 aliphatic rings. The van der Waals surface area contributed by atoms with Gasteiger partial charge in [-0.25, -0.2) is 0 Å². The lowest BCUT2D eigenvalue weighted by atomic mass is 9.79. The van der Waals surface area contributed by atoms with Crippen LogP contribution in [-0.2, 0) is 16.1 Å². The van der Waals surface area contributed by atoms with Crippen LogP contribution in [0.25, 0.3) is 0 Å². The fourth-order valence-corrected chi connectivity index (χ4v) is 3.17. The van der Waals surface area contributed by atoms with Crippen molar-refractivity contribution in [2.75, 3.05) is 33.9 Å². The molecule has 0 amide bonds. The molecular weight excluding hydrogens is 306 g/mol. The minimum Gasteiger partial charge on any atom is -0.497 e. The first kappa shape index (κ1) is 17.1. The van der Waals surface area contributed by atoms with Crippen molar-refractivity contribution in [3.05, 3.63) is 28.8 Å². The number of ether oxygens (including phenoxy) is 2. The Balaban J connectivity index is 2.00. The maximum absolute atomic E-state index is 11.5. The predicted molar refractivity (Wildman–Crippen MR) is 84.5 cm³/mol. The lowest BCUT2D eigenvalue weighted by molar-refractivity contribution is -0.156. The van der Waals surface area contributed by atoms with Gasteiger partial charge in [0.15, 0.2) is 0 Å². The van der Waals surface area contributed by atoms with Gasteiger partial charge in [0, 0.05) is 18.7 Å². The molecular formula is C16H22ClNO4. The molecule has 22 heavy (non-hydrogen) atoms. The number of carboxylic acid groups (broad SMARTS) is 1. The number of likely N-dealkylation sites (tertiary alicyclic amines) is 1. The Morgan fingerprint density at radius 3 is 2.55 bits per heavy atom. The summed E-state index contributed by atoms with van der Waals surface area (Å²) in [6, 6.07) is 5.65. The van der Waals surface area contributed by atoms with Gasteiger partial charge in [0.1, 0.15) is 5.75 Å². The van der Waals surface area contributed by atoms with Crippen molar-refractivity contribution in [3.63, 3.8) is 0 Å². The number of carboxylic acids is 1. The highest BCUT2D eigenvalue weighted by Crippen LogP contribution is 2.33. The van der Waals surface area contributed by atoms with E-state index in [0.29, 0.717) is 17.9 Å². The van der Waals surface area contributed by atoms with E-state index >= 15 is 0 Å². The number of hydrogen-bond acceptors (Lipinski definition) is 4. The molecule has 6 heteroatoms. The summed E-state index contributed by atoms with van der Waals surface area (Å²) in [7, 11) is 3.16. The van der Waals surface area contributed by atoms with Gasteiger partial charge in [-0.2, -0.15) is 0 Å². The molecule has 0 unspecified atom stereocenters. The standard InChI is InChI=1S/C16H22ClNO4/c1-21-11-16(15(19)20)3-5-18(6-4-16)10-12-7-13(17)9-14(8-12)22-2/h7-9H,3-6,10-11H2,1-2H3,(H,19,20). The second-order valence-electron chi connectivity index (χ2n) is 5.79. The molecule has 0 bridgehead atoms. The van der Waals surface area contributed by atoms with Gasteiger partial charge >= 0.3 is 5.97 Å². The molecule has 0 aromatic heterocycles. The molecule has 5 nitrogen and oxygen atoms in total. The maximum atomic E-state index is 11.5. The molecule has 1 N–H and O–H groups in total. The molecule has 0 aliphatic carbocycles. The van der Waals surface area contributed by atoms with E-state index in [1.807, 2.05) is 12.1 Å². The van der Waals surface area contributed by atoms with Gasteiger partial charge in [0.25, 0.3) is 0 Å². The van der Waals surface area contributed by atoms with Crippen molar-refractivity contribution < 1.29 is 19.4 Å². The number of rotatable bonds is 6. The van der Waals surface area contributed by atoms with E-state index in [0.717, 1.165) is 30.9 Å². The Labute approximate surface area is 135 Å². The second-order valence-corrected chi connectivity index (χ2v) is 6.23. The first-order valence-corrected chi connectivity index (χ1v) is 7.65. The minimum atomic E-state index is -0.765. The molecule has 0 radical (unpaired) electrons.